The zero-order valence-corrected chi connectivity index (χ0v) is 10.7. The van der Waals surface area contributed by atoms with Crippen LogP contribution in [0.3, 0.4) is 0 Å². The normalized spacial score (nSPS) is 9.33. The van der Waals surface area contributed by atoms with E-state index in [4.69, 9.17) is 15.6 Å². The summed E-state index contributed by atoms with van der Waals surface area (Å²) in [6, 6.07) is 6.05. The maximum Gasteiger partial charge on any atom is 0.0877 e. The largest absolute Gasteiger partial charge is 0.395 e. The molecule has 0 aliphatic carbocycles. The molecule has 0 atom stereocenters. The molecule has 0 saturated carbocycles. The Morgan fingerprint density at radius 3 is 2.61 bits per heavy atom. The van der Waals surface area contributed by atoms with E-state index in [1.807, 2.05) is 23.6 Å². The molecule has 1 aromatic rings. The van der Waals surface area contributed by atoms with Gasteiger partial charge in [-0.3, -0.25) is 4.90 Å². The molecule has 4 nitrogen and oxygen atoms in total. The summed E-state index contributed by atoms with van der Waals surface area (Å²) in [5.74, 6) is 5.81. The zero-order valence-electron chi connectivity index (χ0n) is 9.89. The van der Waals surface area contributed by atoms with Crippen molar-refractivity contribution in [2.24, 2.45) is 0 Å². The molecule has 0 amide bonds. The van der Waals surface area contributed by atoms with Crippen LogP contribution in [0, 0.1) is 34.5 Å². The molecule has 1 aromatic heterocycles. The van der Waals surface area contributed by atoms with Gasteiger partial charge in [0.2, 0.25) is 0 Å². The van der Waals surface area contributed by atoms with Crippen molar-refractivity contribution in [3.05, 3.63) is 21.9 Å². The van der Waals surface area contributed by atoms with Crippen molar-refractivity contribution in [2.45, 2.75) is 13.0 Å². The Morgan fingerprint density at radius 2 is 2.00 bits per heavy atom. The van der Waals surface area contributed by atoms with Crippen LogP contribution in [0.4, 0.5) is 0 Å². The molecular weight excluding hydrogens is 246 g/mol. The predicted octanol–water partition coefficient (Wildman–Crippen LogP) is 1.33. The highest BCUT2D eigenvalue weighted by Gasteiger charge is 2.06. The standard InChI is InChI=1S/C13H13N3OS/c14-4-6-16(7-5-15)10-13-9-12(11-18-13)3-1-2-8-17/h9,11,17H,2,6-8,10H2. The average Bonchev–Trinajstić information content (AvgIpc) is 2.78. The van der Waals surface area contributed by atoms with Crippen molar-refractivity contribution in [2.75, 3.05) is 19.7 Å². The van der Waals surface area contributed by atoms with E-state index in [2.05, 4.69) is 11.8 Å². The van der Waals surface area contributed by atoms with Gasteiger partial charge < -0.3 is 5.11 Å². The van der Waals surface area contributed by atoms with Gasteiger partial charge in [0.1, 0.15) is 0 Å². The van der Waals surface area contributed by atoms with Gasteiger partial charge in [0.05, 0.1) is 31.8 Å². The summed E-state index contributed by atoms with van der Waals surface area (Å²) in [4.78, 5) is 2.85. The first kappa shape index (κ1) is 14.2. The first-order valence-electron chi connectivity index (χ1n) is 5.43. The number of aliphatic hydroxyl groups is 1. The van der Waals surface area contributed by atoms with E-state index in [1.165, 1.54) is 0 Å². The number of nitrogens with zero attached hydrogens (tertiary/aromatic N) is 3. The van der Waals surface area contributed by atoms with Crippen molar-refractivity contribution >= 4 is 11.3 Å². The van der Waals surface area contributed by atoms with E-state index in [0.717, 1.165) is 10.4 Å². The molecule has 0 bridgehead atoms. The molecule has 5 heteroatoms. The monoisotopic (exact) mass is 259 g/mol. The molecule has 1 N–H and O–H groups in total. The summed E-state index contributed by atoms with van der Waals surface area (Å²) in [5, 5.41) is 27.9. The van der Waals surface area contributed by atoms with Crippen LogP contribution in [0.1, 0.15) is 16.9 Å². The maximum atomic E-state index is 8.65. The third kappa shape index (κ3) is 4.99. The highest BCUT2D eigenvalue weighted by molar-refractivity contribution is 7.10. The Kier molecular flexibility index (Phi) is 6.54. The van der Waals surface area contributed by atoms with Crippen LogP contribution in [0.5, 0.6) is 0 Å². The highest BCUT2D eigenvalue weighted by atomic mass is 32.1. The minimum Gasteiger partial charge on any atom is -0.395 e. The van der Waals surface area contributed by atoms with Crippen LogP contribution in [-0.4, -0.2) is 29.7 Å². The topological polar surface area (TPSA) is 71.0 Å². The van der Waals surface area contributed by atoms with Gasteiger partial charge in [-0.2, -0.15) is 10.5 Å². The Morgan fingerprint density at radius 1 is 1.28 bits per heavy atom. The predicted molar refractivity (Wildman–Crippen MR) is 69.4 cm³/mol. The van der Waals surface area contributed by atoms with E-state index in [1.54, 1.807) is 16.2 Å². The molecule has 0 fully saturated rings. The van der Waals surface area contributed by atoms with Crippen LogP contribution in [0.2, 0.25) is 0 Å². The number of hydrogen-bond acceptors (Lipinski definition) is 5. The fourth-order valence-electron chi connectivity index (χ4n) is 1.34. The number of thiophene rings is 1. The van der Waals surface area contributed by atoms with E-state index < -0.39 is 0 Å². The van der Waals surface area contributed by atoms with Gasteiger partial charge >= 0.3 is 0 Å². The van der Waals surface area contributed by atoms with Gasteiger partial charge in [-0.05, 0) is 6.07 Å². The Balaban J connectivity index is 2.61. The van der Waals surface area contributed by atoms with Gasteiger partial charge in [-0.1, -0.05) is 11.8 Å². The zero-order chi connectivity index (χ0) is 13.2. The highest BCUT2D eigenvalue weighted by Crippen LogP contribution is 2.16. The van der Waals surface area contributed by atoms with Crippen LogP contribution in [0.25, 0.3) is 0 Å². The van der Waals surface area contributed by atoms with E-state index in [0.29, 0.717) is 13.0 Å². The van der Waals surface area contributed by atoms with Gasteiger partial charge in [0.15, 0.2) is 0 Å². The molecule has 0 aliphatic rings. The lowest BCUT2D eigenvalue weighted by atomic mass is 10.3. The van der Waals surface area contributed by atoms with Crippen LogP contribution in [0.15, 0.2) is 11.4 Å². The molecule has 1 heterocycles. The van der Waals surface area contributed by atoms with Crippen molar-refractivity contribution in [1.82, 2.24) is 4.90 Å². The first-order chi connectivity index (χ1) is 8.80. The second-order valence-corrected chi connectivity index (χ2v) is 4.53. The van der Waals surface area contributed by atoms with Gasteiger partial charge in [-0.15, -0.1) is 11.3 Å². The fourth-order valence-corrected chi connectivity index (χ4v) is 2.20. The summed E-state index contributed by atoms with van der Waals surface area (Å²) >= 11 is 1.56. The molecule has 0 unspecified atom stereocenters. The van der Waals surface area contributed by atoms with Crippen LogP contribution < -0.4 is 0 Å². The molecule has 1 rings (SSSR count). The number of aliphatic hydroxyl groups excluding tert-OH is 1. The minimum absolute atomic E-state index is 0.0715. The van der Waals surface area contributed by atoms with Gasteiger partial charge in [0.25, 0.3) is 0 Å². The lowest BCUT2D eigenvalue weighted by molar-refractivity contribution is 0.305. The van der Waals surface area contributed by atoms with Crippen molar-refractivity contribution in [3.63, 3.8) is 0 Å². The Bertz CT molecular complexity index is 497. The summed E-state index contributed by atoms with van der Waals surface area (Å²) < 4.78 is 0. The van der Waals surface area contributed by atoms with Crippen molar-refractivity contribution < 1.29 is 5.11 Å². The Labute approximate surface area is 111 Å². The van der Waals surface area contributed by atoms with E-state index in [9.17, 15) is 0 Å². The summed E-state index contributed by atoms with van der Waals surface area (Å²) in [6.07, 6.45) is 0.472. The van der Waals surface area contributed by atoms with Crippen molar-refractivity contribution in [1.29, 1.82) is 10.5 Å². The lowest BCUT2D eigenvalue weighted by Crippen LogP contribution is -2.23. The van der Waals surface area contributed by atoms with Crippen LogP contribution in [-0.2, 0) is 6.54 Å². The van der Waals surface area contributed by atoms with Gasteiger partial charge in [0, 0.05) is 28.8 Å². The average molecular weight is 259 g/mol. The Hall–Kier alpha value is -1.84. The third-order valence-electron chi connectivity index (χ3n) is 2.09. The minimum atomic E-state index is 0.0715. The van der Waals surface area contributed by atoms with E-state index >= 15 is 0 Å². The third-order valence-corrected chi connectivity index (χ3v) is 3.01. The number of hydrogen-bond donors (Lipinski definition) is 1. The molecule has 0 aliphatic heterocycles. The molecule has 92 valence electrons. The second kappa shape index (κ2) is 8.28. The molecule has 0 aromatic carbocycles. The van der Waals surface area contributed by atoms with Gasteiger partial charge in [-0.25, -0.2) is 0 Å². The molecule has 0 saturated heterocycles. The smallest absolute Gasteiger partial charge is 0.0877 e. The second-order valence-electron chi connectivity index (χ2n) is 3.54. The fraction of sp³-hybridized carbons (Fsp3) is 0.385. The maximum absolute atomic E-state index is 8.65. The first-order valence-corrected chi connectivity index (χ1v) is 6.31. The van der Waals surface area contributed by atoms with E-state index in [-0.39, 0.29) is 19.7 Å². The lowest BCUT2D eigenvalue weighted by Gasteiger charge is -2.12. The van der Waals surface area contributed by atoms with Crippen LogP contribution >= 0.6 is 11.3 Å². The molecule has 18 heavy (non-hydrogen) atoms. The van der Waals surface area contributed by atoms with Crippen molar-refractivity contribution in [3.8, 4) is 24.0 Å². The quantitative estimate of drug-likeness (QED) is 0.639. The molecular formula is C13H13N3OS. The molecule has 0 radical (unpaired) electrons. The summed E-state index contributed by atoms with van der Waals surface area (Å²) in [7, 11) is 0. The summed E-state index contributed by atoms with van der Waals surface area (Å²) in [5.41, 5.74) is 0.914. The SMILES string of the molecule is N#CCN(CC#N)Cc1cc(C#CCCO)cs1. The number of rotatable bonds is 5. The molecule has 0 spiro atoms. The summed E-state index contributed by atoms with van der Waals surface area (Å²) in [6.45, 7) is 1.16. The number of nitriles is 2.